The number of aliphatic hydroxyl groups is 6. The van der Waals surface area contributed by atoms with Gasteiger partial charge in [-0.1, -0.05) is 24.3 Å². The van der Waals surface area contributed by atoms with Gasteiger partial charge in [-0.2, -0.15) is 0 Å². The van der Waals surface area contributed by atoms with Crippen molar-refractivity contribution in [3.63, 3.8) is 0 Å². The van der Waals surface area contributed by atoms with Crippen molar-refractivity contribution in [3.8, 4) is 11.5 Å². The summed E-state index contributed by atoms with van der Waals surface area (Å²) in [5.41, 5.74) is 2.01. The molecule has 0 saturated carbocycles. The summed E-state index contributed by atoms with van der Waals surface area (Å²) in [6.07, 6.45) is 2.93. The summed E-state index contributed by atoms with van der Waals surface area (Å²) in [5.74, 6) is -6.18. The summed E-state index contributed by atoms with van der Waals surface area (Å²) in [6.45, 7) is 6.00. The van der Waals surface area contributed by atoms with Crippen molar-refractivity contribution in [1.82, 2.24) is 39.2 Å². The van der Waals surface area contributed by atoms with Crippen LogP contribution in [0.2, 0.25) is 0 Å². The largest absolute Gasteiger partial charge is 0.491 e. The Bertz CT molecular complexity index is 2780. The average Bonchev–Trinajstić information content (AvgIpc) is 0.841. The molecule has 2 aromatic rings. The minimum Gasteiger partial charge on any atom is -0.491 e. The number of esters is 4. The number of nitrogens with zero attached hydrogens (tertiary/aromatic N) is 8. The summed E-state index contributed by atoms with van der Waals surface area (Å²) in [7, 11) is 4.98. The number of benzene rings is 2. The molecule has 4 rings (SSSR count). The fourth-order valence-electron chi connectivity index (χ4n) is 12.6. The average molecular weight is 1550 g/mol. The standard InChI is InChI=1S/C38H64N4O14.C34H56N4O14/c1-6-54-22-23-55-24-25-56-30-12-10-29(11-13-30)8-7-9-31(35(46)50-2)39-14-16-40(32(26-43)36(47)51-3)18-20-42(34(28-45)38(49)53-5)21-19-41(17-15-39)33(27-44)37(48)52-4;1-2-50-18-19-51-20-21-52-26-8-6-25(7-9-26)4-3-5-27(31(42)43)35-10-12-36(28(22-39)32(44)45)14-16-38(30(24-41)34(48)49)17-15-37(13-11-35)29(23-40)33(46)47/h10-13,31-34,43-45H,6-9,14-28H2,1-5H3;6-9,27-30,39-41H,2-5,10-24H2,1H3,(H,42,43)(H,44,45)(H,46,47)(H,48,49)/t31-,32-,33+,34-;27-,28-,29+,30-/m00/s1. The molecule has 8 atom stereocenters. The van der Waals surface area contributed by atoms with Crippen LogP contribution in [0.5, 0.6) is 11.5 Å². The molecule has 2 heterocycles. The Hall–Kier alpha value is -6.92. The van der Waals surface area contributed by atoms with E-state index in [9.17, 15) is 89.4 Å². The van der Waals surface area contributed by atoms with Gasteiger partial charge in [0.25, 0.3) is 0 Å². The van der Waals surface area contributed by atoms with Crippen LogP contribution in [-0.2, 0) is 89.1 Å². The van der Waals surface area contributed by atoms with E-state index in [4.69, 9.17) is 47.4 Å². The second-order valence-electron chi connectivity index (χ2n) is 25.3. The number of hydrogen-bond acceptors (Lipinski definition) is 32. The molecule has 616 valence electrons. The van der Waals surface area contributed by atoms with Crippen molar-refractivity contribution >= 4 is 47.8 Å². The highest BCUT2D eigenvalue weighted by Gasteiger charge is 2.38. The van der Waals surface area contributed by atoms with E-state index in [2.05, 4.69) is 0 Å². The molecule has 2 fully saturated rings. The Morgan fingerprint density at radius 2 is 0.519 bits per heavy atom. The minimum absolute atomic E-state index is 0.0204. The Kier molecular flexibility index (Phi) is 48.9. The van der Waals surface area contributed by atoms with Gasteiger partial charge in [-0.15, -0.1) is 0 Å². The maximum atomic E-state index is 13.4. The summed E-state index contributed by atoms with van der Waals surface area (Å²) in [6, 6.07) is 6.11. The van der Waals surface area contributed by atoms with Crippen LogP contribution in [0.1, 0.15) is 50.7 Å². The quantitative estimate of drug-likeness (QED) is 0.0183. The predicted octanol–water partition coefficient (Wildman–Crippen LogP) is -2.74. The number of carbonyl (C=O) groups excluding carboxylic acids is 4. The minimum atomic E-state index is -1.38. The molecule has 0 spiro atoms. The highest BCUT2D eigenvalue weighted by Crippen LogP contribution is 2.22. The molecule has 2 saturated heterocycles. The lowest BCUT2D eigenvalue weighted by atomic mass is 10.0. The lowest BCUT2D eigenvalue weighted by Crippen LogP contribution is -2.57. The van der Waals surface area contributed by atoms with E-state index in [0.29, 0.717) is 110 Å². The summed E-state index contributed by atoms with van der Waals surface area (Å²) >= 11 is 0. The summed E-state index contributed by atoms with van der Waals surface area (Å²) in [4.78, 5) is 113. The first-order chi connectivity index (χ1) is 52.1. The fourth-order valence-corrected chi connectivity index (χ4v) is 12.6. The number of carboxylic acids is 4. The lowest BCUT2D eigenvalue weighted by Gasteiger charge is -2.39. The van der Waals surface area contributed by atoms with Crippen LogP contribution in [0.25, 0.3) is 0 Å². The van der Waals surface area contributed by atoms with Crippen LogP contribution in [0.4, 0.5) is 0 Å². The number of aryl methyl sites for hydroxylation is 2. The highest BCUT2D eigenvalue weighted by molar-refractivity contribution is 5.78. The molecule has 36 nitrogen and oxygen atoms in total. The van der Waals surface area contributed by atoms with E-state index < -0.39 is 136 Å². The van der Waals surface area contributed by atoms with Gasteiger partial charge in [0.05, 0.1) is 108 Å². The number of aliphatic hydroxyl groups excluding tert-OH is 6. The molecular weight excluding hydrogens is 1420 g/mol. The monoisotopic (exact) mass is 1540 g/mol. The first kappa shape index (κ1) is 95.3. The van der Waals surface area contributed by atoms with E-state index >= 15 is 0 Å². The Morgan fingerprint density at radius 3 is 0.759 bits per heavy atom. The molecule has 0 amide bonds. The molecule has 108 heavy (non-hydrogen) atoms. The van der Waals surface area contributed by atoms with Crippen LogP contribution < -0.4 is 9.47 Å². The Balaban J connectivity index is 0.000000562. The number of ether oxygens (including phenoxy) is 10. The molecular formula is C72H120N8O28. The van der Waals surface area contributed by atoms with Gasteiger partial charge in [0.15, 0.2) is 0 Å². The van der Waals surface area contributed by atoms with E-state index in [1.807, 2.05) is 67.3 Å². The van der Waals surface area contributed by atoms with Crippen molar-refractivity contribution < 1.29 is 137 Å². The van der Waals surface area contributed by atoms with Crippen LogP contribution in [0, 0.1) is 0 Å². The van der Waals surface area contributed by atoms with Gasteiger partial charge >= 0.3 is 47.8 Å². The van der Waals surface area contributed by atoms with E-state index in [1.165, 1.54) is 43.1 Å². The molecule has 2 aliphatic rings. The fraction of sp³-hybridized carbons (Fsp3) is 0.722. The van der Waals surface area contributed by atoms with Gasteiger partial charge in [0.2, 0.25) is 0 Å². The molecule has 2 aliphatic heterocycles. The maximum Gasteiger partial charge on any atom is 0.325 e. The molecule has 0 unspecified atom stereocenters. The number of carboxylic acid groups (broad SMARTS) is 4. The van der Waals surface area contributed by atoms with E-state index in [0.717, 1.165) is 11.1 Å². The van der Waals surface area contributed by atoms with Crippen LogP contribution >= 0.6 is 0 Å². The molecule has 36 heteroatoms. The van der Waals surface area contributed by atoms with Crippen LogP contribution in [0.15, 0.2) is 48.5 Å². The van der Waals surface area contributed by atoms with E-state index in [1.54, 1.807) is 19.6 Å². The van der Waals surface area contributed by atoms with Crippen LogP contribution in [-0.4, -0.2) is 425 Å². The van der Waals surface area contributed by atoms with Gasteiger partial charge in [-0.25, -0.2) is 0 Å². The van der Waals surface area contributed by atoms with Gasteiger partial charge < -0.3 is 98.4 Å². The first-order valence-electron chi connectivity index (χ1n) is 36.6. The van der Waals surface area contributed by atoms with Gasteiger partial charge in [0.1, 0.15) is 73.0 Å². The smallest absolute Gasteiger partial charge is 0.325 e. The predicted molar refractivity (Wildman–Crippen MR) is 388 cm³/mol. The SMILES string of the molecule is CCOCCOCCOc1ccc(CCC[C@@H](C(=O)O)N2CCN([C@H](CO)C(=O)O)CCN([C@@H](CO)C(=O)O)CCN([C@@H](CO)C(=O)O)CC2)cc1.CCOCCOCCOc1ccc(CCC[C@@H](C(=O)OC)N2CCN([C@H](CO)C(=O)OC)CCN([C@@H](CO)C(=O)OC)CCN([C@@H](CO)C(=O)OC)CC2)cc1. The number of hydrogen-bond donors (Lipinski definition) is 10. The second kappa shape index (κ2) is 55.5. The summed E-state index contributed by atoms with van der Waals surface area (Å²) in [5, 5.41) is 100. The number of rotatable bonds is 46. The van der Waals surface area contributed by atoms with E-state index in [-0.39, 0.29) is 111 Å². The maximum absolute atomic E-state index is 13.4. The van der Waals surface area contributed by atoms with Crippen molar-refractivity contribution in [2.45, 2.75) is 101 Å². The highest BCUT2D eigenvalue weighted by atomic mass is 16.6. The zero-order valence-corrected chi connectivity index (χ0v) is 63.5. The summed E-state index contributed by atoms with van der Waals surface area (Å²) < 4.78 is 53.1. The van der Waals surface area contributed by atoms with Crippen molar-refractivity contribution in [1.29, 1.82) is 0 Å². The molecule has 0 bridgehead atoms. The van der Waals surface area contributed by atoms with Gasteiger partial charge in [-0.05, 0) is 87.8 Å². The Morgan fingerprint density at radius 1 is 0.306 bits per heavy atom. The zero-order chi connectivity index (χ0) is 79.8. The normalized spacial score (nSPS) is 18.0. The van der Waals surface area contributed by atoms with Gasteiger partial charge in [-0.3, -0.25) is 77.6 Å². The van der Waals surface area contributed by atoms with Crippen LogP contribution in [0.3, 0.4) is 0 Å². The molecule has 0 aliphatic carbocycles. The van der Waals surface area contributed by atoms with Crippen molar-refractivity contribution in [2.24, 2.45) is 0 Å². The first-order valence-corrected chi connectivity index (χ1v) is 36.6. The topological polar surface area (TPSA) is 457 Å². The molecule has 2 aromatic carbocycles. The molecule has 10 N–H and O–H groups in total. The third-order valence-electron chi connectivity index (χ3n) is 18.9. The van der Waals surface area contributed by atoms with Crippen molar-refractivity contribution in [3.05, 3.63) is 59.7 Å². The van der Waals surface area contributed by atoms with Gasteiger partial charge in [0, 0.05) is 118 Å². The molecule has 0 radical (unpaired) electrons. The number of aliphatic carboxylic acids is 4. The lowest BCUT2D eigenvalue weighted by molar-refractivity contribution is -0.153. The Labute approximate surface area is 632 Å². The molecule has 0 aromatic heterocycles. The number of carbonyl (C=O) groups is 8. The zero-order valence-electron chi connectivity index (χ0n) is 63.5. The van der Waals surface area contributed by atoms with Crippen molar-refractivity contribution in [2.75, 3.05) is 239 Å². The third-order valence-corrected chi connectivity index (χ3v) is 18.9. The number of methoxy groups -OCH3 is 4. The third kappa shape index (κ3) is 34.1. The second-order valence-corrected chi connectivity index (χ2v) is 25.3.